The Kier molecular flexibility index (Phi) is 2.60. The monoisotopic (exact) mass is 150 g/mol. The lowest BCUT2D eigenvalue weighted by molar-refractivity contribution is 0.690. The fourth-order valence-electron chi connectivity index (χ4n) is 1.08. The standard InChI is InChI=1S/C9H14N2/c1-3-9(10)8-6-11-5-4-7(8)2/h4-6,9H,3,10H2,1-2H3. The van der Waals surface area contributed by atoms with Crippen molar-refractivity contribution in [2.75, 3.05) is 0 Å². The van der Waals surface area contributed by atoms with E-state index in [9.17, 15) is 0 Å². The molecule has 11 heavy (non-hydrogen) atoms. The number of rotatable bonds is 2. The van der Waals surface area contributed by atoms with Crippen molar-refractivity contribution in [2.24, 2.45) is 5.73 Å². The summed E-state index contributed by atoms with van der Waals surface area (Å²) in [7, 11) is 0. The quantitative estimate of drug-likeness (QED) is 0.698. The van der Waals surface area contributed by atoms with E-state index >= 15 is 0 Å². The summed E-state index contributed by atoms with van der Waals surface area (Å²) in [6.45, 7) is 4.14. The van der Waals surface area contributed by atoms with Gasteiger partial charge in [0.2, 0.25) is 0 Å². The molecule has 2 heteroatoms. The predicted molar refractivity (Wildman–Crippen MR) is 46.2 cm³/mol. The lowest BCUT2D eigenvalue weighted by Crippen LogP contribution is -2.10. The lowest BCUT2D eigenvalue weighted by atomic mass is 10.0. The van der Waals surface area contributed by atoms with Crippen LogP contribution >= 0.6 is 0 Å². The molecule has 1 atom stereocenters. The molecule has 0 spiro atoms. The van der Waals surface area contributed by atoms with E-state index in [1.807, 2.05) is 12.3 Å². The minimum atomic E-state index is 0.142. The van der Waals surface area contributed by atoms with Gasteiger partial charge in [-0.15, -0.1) is 0 Å². The van der Waals surface area contributed by atoms with Gasteiger partial charge in [0, 0.05) is 18.4 Å². The van der Waals surface area contributed by atoms with Gasteiger partial charge < -0.3 is 5.73 Å². The van der Waals surface area contributed by atoms with Gasteiger partial charge in [-0.25, -0.2) is 0 Å². The van der Waals surface area contributed by atoms with Crippen LogP contribution in [0, 0.1) is 6.92 Å². The number of nitrogens with zero attached hydrogens (tertiary/aromatic N) is 1. The zero-order valence-corrected chi connectivity index (χ0v) is 7.04. The first-order chi connectivity index (χ1) is 5.25. The number of aromatic nitrogens is 1. The Balaban J connectivity index is 2.93. The van der Waals surface area contributed by atoms with Crippen molar-refractivity contribution in [3.8, 4) is 0 Å². The highest BCUT2D eigenvalue weighted by atomic mass is 14.7. The second-order valence-corrected chi connectivity index (χ2v) is 2.75. The van der Waals surface area contributed by atoms with Crippen molar-refractivity contribution in [3.63, 3.8) is 0 Å². The number of hydrogen-bond acceptors (Lipinski definition) is 2. The number of hydrogen-bond donors (Lipinski definition) is 1. The van der Waals surface area contributed by atoms with Crippen LogP contribution < -0.4 is 5.73 Å². The van der Waals surface area contributed by atoms with Crippen LogP contribution in [0.4, 0.5) is 0 Å². The Morgan fingerprint density at radius 1 is 1.64 bits per heavy atom. The van der Waals surface area contributed by atoms with Crippen molar-refractivity contribution in [3.05, 3.63) is 29.6 Å². The molecule has 0 aromatic carbocycles. The van der Waals surface area contributed by atoms with Crippen LogP contribution in [0.5, 0.6) is 0 Å². The highest BCUT2D eigenvalue weighted by Crippen LogP contribution is 2.15. The molecule has 0 aliphatic carbocycles. The summed E-state index contributed by atoms with van der Waals surface area (Å²) in [6, 6.07) is 2.13. The van der Waals surface area contributed by atoms with E-state index < -0.39 is 0 Å². The summed E-state index contributed by atoms with van der Waals surface area (Å²) in [5, 5.41) is 0. The molecule has 1 aromatic rings. The third-order valence-corrected chi connectivity index (χ3v) is 1.92. The molecular formula is C9H14N2. The molecule has 0 amide bonds. The third-order valence-electron chi connectivity index (χ3n) is 1.92. The van der Waals surface area contributed by atoms with Crippen molar-refractivity contribution < 1.29 is 0 Å². The van der Waals surface area contributed by atoms with Crippen molar-refractivity contribution in [2.45, 2.75) is 26.3 Å². The topological polar surface area (TPSA) is 38.9 Å². The number of pyridine rings is 1. The SMILES string of the molecule is CCC(N)c1cnccc1C. The average molecular weight is 150 g/mol. The molecule has 0 bridgehead atoms. The molecule has 0 aliphatic heterocycles. The van der Waals surface area contributed by atoms with Crippen LogP contribution in [0.3, 0.4) is 0 Å². The molecule has 60 valence electrons. The maximum absolute atomic E-state index is 5.86. The second kappa shape index (κ2) is 3.49. The first kappa shape index (κ1) is 8.21. The molecule has 0 aliphatic rings. The van der Waals surface area contributed by atoms with Gasteiger partial charge in [-0.3, -0.25) is 4.98 Å². The highest BCUT2D eigenvalue weighted by molar-refractivity contribution is 5.24. The van der Waals surface area contributed by atoms with Crippen molar-refractivity contribution >= 4 is 0 Å². The van der Waals surface area contributed by atoms with Gasteiger partial charge in [0.1, 0.15) is 0 Å². The van der Waals surface area contributed by atoms with Crippen molar-refractivity contribution in [1.82, 2.24) is 4.98 Å². The molecule has 0 fully saturated rings. The first-order valence-corrected chi connectivity index (χ1v) is 3.91. The molecule has 0 saturated carbocycles. The van der Waals surface area contributed by atoms with Crippen LogP contribution in [-0.4, -0.2) is 4.98 Å². The molecule has 1 rings (SSSR count). The van der Waals surface area contributed by atoms with Gasteiger partial charge in [-0.1, -0.05) is 6.92 Å². The Hall–Kier alpha value is -0.890. The van der Waals surface area contributed by atoms with Crippen LogP contribution in [-0.2, 0) is 0 Å². The van der Waals surface area contributed by atoms with Crippen molar-refractivity contribution in [1.29, 1.82) is 0 Å². The minimum absolute atomic E-state index is 0.142. The summed E-state index contributed by atoms with van der Waals surface area (Å²) < 4.78 is 0. The Labute approximate surface area is 67.5 Å². The van der Waals surface area contributed by atoms with E-state index in [-0.39, 0.29) is 6.04 Å². The highest BCUT2D eigenvalue weighted by Gasteiger charge is 2.04. The maximum Gasteiger partial charge on any atom is 0.0318 e. The normalized spacial score (nSPS) is 13.0. The molecule has 1 aromatic heterocycles. The molecule has 2 nitrogen and oxygen atoms in total. The molecule has 1 unspecified atom stereocenters. The van der Waals surface area contributed by atoms with Crippen LogP contribution in [0.25, 0.3) is 0 Å². The average Bonchev–Trinajstić information content (AvgIpc) is 2.04. The lowest BCUT2D eigenvalue weighted by Gasteiger charge is -2.10. The van der Waals surface area contributed by atoms with Gasteiger partial charge in [-0.05, 0) is 30.5 Å². The second-order valence-electron chi connectivity index (χ2n) is 2.75. The zero-order chi connectivity index (χ0) is 8.27. The fourth-order valence-corrected chi connectivity index (χ4v) is 1.08. The van der Waals surface area contributed by atoms with Gasteiger partial charge in [0.15, 0.2) is 0 Å². The number of nitrogens with two attached hydrogens (primary N) is 1. The first-order valence-electron chi connectivity index (χ1n) is 3.91. The van der Waals surface area contributed by atoms with Crippen LogP contribution in [0.1, 0.15) is 30.5 Å². The van der Waals surface area contributed by atoms with E-state index in [4.69, 9.17) is 5.73 Å². The Morgan fingerprint density at radius 3 is 2.91 bits per heavy atom. The predicted octanol–water partition coefficient (Wildman–Crippen LogP) is 1.80. The van der Waals surface area contributed by atoms with Crippen LogP contribution in [0.2, 0.25) is 0 Å². The van der Waals surface area contributed by atoms with Gasteiger partial charge in [-0.2, -0.15) is 0 Å². The van der Waals surface area contributed by atoms with Gasteiger partial charge in [0.05, 0.1) is 0 Å². The summed E-state index contributed by atoms with van der Waals surface area (Å²) >= 11 is 0. The van der Waals surface area contributed by atoms with E-state index in [1.54, 1.807) is 6.20 Å². The zero-order valence-electron chi connectivity index (χ0n) is 7.04. The van der Waals surface area contributed by atoms with Gasteiger partial charge >= 0.3 is 0 Å². The van der Waals surface area contributed by atoms with E-state index in [2.05, 4.69) is 18.8 Å². The maximum atomic E-state index is 5.86. The van der Waals surface area contributed by atoms with E-state index in [1.165, 1.54) is 5.56 Å². The summed E-state index contributed by atoms with van der Waals surface area (Å²) in [6.07, 6.45) is 4.61. The molecule has 0 radical (unpaired) electrons. The van der Waals surface area contributed by atoms with E-state index in [0.717, 1.165) is 12.0 Å². The smallest absolute Gasteiger partial charge is 0.0318 e. The molecule has 0 saturated heterocycles. The Bertz CT molecular complexity index is 233. The minimum Gasteiger partial charge on any atom is -0.324 e. The molecular weight excluding hydrogens is 136 g/mol. The van der Waals surface area contributed by atoms with Gasteiger partial charge in [0.25, 0.3) is 0 Å². The summed E-state index contributed by atoms with van der Waals surface area (Å²) in [4.78, 5) is 4.03. The summed E-state index contributed by atoms with van der Waals surface area (Å²) in [5.41, 5.74) is 8.25. The third kappa shape index (κ3) is 1.77. The largest absolute Gasteiger partial charge is 0.324 e. The fraction of sp³-hybridized carbons (Fsp3) is 0.444. The number of aryl methyl sites for hydroxylation is 1. The van der Waals surface area contributed by atoms with Crippen LogP contribution in [0.15, 0.2) is 18.5 Å². The molecule has 1 heterocycles. The summed E-state index contributed by atoms with van der Waals surface area (Å²) in [5.74, 6) is 0. The van der Waals surface area contributed by atoms with E-state index in [0.29, 0.717) is 0 Å². The Morgan fingerprint density at radius 2 is 2.36 bits per heavy atom. The molecule has 2 N–H and O–H groups in total.